The van der Waals surface area contributed by atoms with E-state index in [-0.39, 0.29) is 25.7 Å². The minimum Gasteiger partial charge on any atom is -0.462 e. The lowest BCUT2D eigenvalue weighted by Gasteiger charge is -2.21. The molecule has 0 aliphatic heterocycles. The van der Waals surface area contributed by atoms with Gasteiger partial charge in [-0.2, -0.15) is 0 Å². The number of aliphatic hydroxyl groups is 1. The monoisotopic (exact) mass is 1370 g/mol. The van der Waals surface area contributed by atoms with Crippen LogP contribution >= 0.6 is 15.6 Å². The first-order valence-electron chi connectivity index (χ1n) is 38.3. The normalized spacial score (nSPS) is 14.8. The standard InChI is InChI=1S/C74H144O17P2/c1-9-66(7)52-44-36-28-22-19-20-24-30-40-48-56-73(78)90-69(60-85-72(77)55-47-39-31-25-27-35-43-51-65(5)6)62-88-92(80,81)86-58-68(75)59-87-93(82,83)89-63-70(91-74(79)57-49-41-33-32-37-45-53-67(8)10-2)61-84-71(76)54-46-38-29-23-18-16-14-12-11-13-15-17-21-26-34-42-50-64(3)4/h64-70,75H,9-63H2,1-8H3,(H,80,81)(H,82,83)/t66?,67?,68?,69-,70-/m1/s1. The second kappa shape index (κ2) is 63.5. The average Bonchev–Trinajstić information content (AvgIpc) is 3.33. The van der Waals surface area contributed by atoms with Gasteiger partial charge in [0, 0.05) is 25.7 Å². The lowest BCUT2D eigenvalue weighted by Crippen LogP contribution is -2.30. The second-order valence-electron chi connectivity index (χ2n) is 28.1. The molecule has 552 valence electrons. The van der Waals surface area contributed by atoms with Crippen LogP contribution in [0.1, 0.15) is 370 Å². The van der Waals surface area contributed by atoms with Gasteiger partial charge in [-0.3, -0.25) is 37.3 Å². The Kier molecular flexibility index (Phi) is 62.2. The molecule has 3 N–H and O–H groups in total. The van der Waals surface area contributed by atoms with Crippen LogP contribution in [0, 0.1) is 23.7 Å². The lowest BCUT2D eigenvalue weighted by molar-refractivity contribution is -0.161. The number of carbonyl (C=O) groups excluding carboxylic acids is 4. The molecule has 5 unspecified atom stereocenters. The third-order valence-corrected chi connectivity index (χ3v) is 19.7. The van der Waals surface area contributed by atoms with Crippen molar-refractivity contribution in [2.45, 2.75) is 388 Å². The molecule has 7 atom stereocenters. The van der Waals surface area contributed by atoms with Crippen LogP contribution in [-0.4, -0.2) is 96.7 Å². The van der Waals surface area contributed by atoms with Crippen LogP contribution in [0.15, 0.2) is 0 Å². The fraction of sp³-hybridized carbons (Fsp3) is 0.946. The molecule has 0 radical (unpaired) electrons. The van der Waals surface area contributed by atoms with Crippen LogP contribution in [0.2, 0.25) is 0 Å². The summed E-state index contributed by atoms with van der Waals surface area (Å²) >= 11 is 0. The number of hydrogen-bond acceptors (Lipinski definition) is 15. The van der Waals surface area contributed by atoms with Crippen molar-refractivity contribution in [3.63, 3.8) is 0 Å². The lowest BCUT2D eigenvalue weighted by atomic mass is 9.99. The number of hydrogen-bond donors (Lipinski definition) is 3. The first-order chi connectivity index (χ1) is 44.7. The molecule has 0 rings (SSSR count). The molecule has 0 aliphatic carbocycles. The van der Waals surface area contributed by atoms with Gasteiger partial charge in [-0.1, -0.05) is 319 Å². The molecule has 0 saturated carbocycles. The van der Waals surface area contributed by atoms with Crippen molar-refractivity contribution in [3.05, 3.63) is 0 Å². The molecule has 0 amide bonds. The Balaban J connectivity index is 5.19. The Morgan fingerprint density at radius 1 is 0.301 bits per heavy atom. The topological polar surface area (TPSA) is 237 Å². The molecule has 0 spiro atoms. The summed E-state index contributed by atoms with van der Waals surface area (Å²) in [5, 5.41) is 10.6. The molecule has 93 heavy (non-hydrogen) atoms. The van der Waals surface area contributed by atoms with Crippen molar-refractivity contribution < 1.29 is 80.2 Å². The van der Waals surface area contributed by atoms with Crippen molar-refractivity contribution in [1.29, 1.82) is 0 Å². The van der Waals surface area contributed by atoms with Gasteiger partial charge in [0.05, 0.1) is 26.4 Å². The highest BCUT2D eigenvalue weighted by molar-refractivity contribution is 7.47. The van der Waals surface area contributed by atoms with Crippen molar-refractivity contribution in [1.82, 2.24) is 0 Å². The van der Waals surface area contributed by atoms with Crippen LogP contribution < -0.4 is 0 Å². The molecule has 19 heteroatoms. The van der Waals surface area contributed by atoms with E-state index in [1.807, 2.05) is 0 Å². The van der Waals surface area contributed by atoms with Crippen molar-refractivity contribution in [3.8, 4) is 0 Å². The number of phosphoric ester groups is 2. The van der Waals surface area contributed by atoms with E-state index >= 15 is 0 Å². The molecule has 0 saturated heterocycles. The molecule has 0 aromatic rings. The molecule has 0 fully saturated rings. The Bertz CT molecular complexity index is 1840. The summed E-state index contributed by atoms with van der Waals surface area (Å²) in [6.45, 7) is 14.1. The highest BCUT2D eigenvalue weighted by Crippen LogP contribution is 2.45. The fourth-order valence-electron chi connectivity index (χ4n) is 11.1. The Morgan fingerprint density at radius 2 is 0.516 bits per heavy atom. The molecular formula is C74H144O17P2. The predicted molar refractivity (Wildman–Crippen MR) is 377 cm³/mol. The van der Waals surface area contributed by atoms with Gasteiger partial charge >= 0.3 is 39.5 Å². The largest absolute Gasteiger partial charge is 0.472 e. The number of esters is 4. The highest BCUT2D eigenvalue weighted by Gasteiger charge is 2.30. The van der Waals surface area contributed by atoms with Gasteiger partial charge in [0.1, 0.15) is 19.3 Å². The zero-order valence-corrected chi connectivity index (χ0v) is 62.7. The summed E-state index contributed by atoms with van der Waals surface area (Å²) in [4.78, 5) is 72.7. The zero-order chi connectivity index (χ0) is 68.9. The summed E-state index contributed by atoms with van der Waals surface area (Å²) in [6, 6.07) is 0. The fourth-order valence-corrected chi connectivity index (χ4v) is 12.7. The Labute approximate surface area is 568 Å². The molecule has 0 aromatic carbocycles. The third kappa shape index (κ3) is 65.8. The van der Waals surface area contributed by atoms with Crippen LogP contribution in [-0.2, 0) is 65.4 Å². The quantitative estimate of drug-likeness (QED) is 0.0222. The van der Waals surface area contributed by atoms with E-state index in [9.17, 15) is 43.2 Å². The van der Waals surface area contributed by atoms with Crippen molar-refractivity contribution in [2.75, 3.05) is 39.6 Å². The van der Waals surface area contributed by atoms with Gasteiger partial charge in [0.25, 0.3) is 0 Å². The van der Waals surface area contributed by atoms with Crippen molar-refractivity contribution >= 4 is 39.5 Å². The molecule has 17 nitrogen and oxygen atoms in total. The van der Waals surface area contributed by atoms with Gasteiger partial charge in [-0.25, -0.2) is 9.13 Å². The van der Waals surface area contributed by atoms with Gasteiger partial charge in [0.2, 0.25) is 0 Å². The molecule has 0 aliphatic rings. The second-order valence-corrected chi connectivity index (χ2v) is 31.0. The first-order valence-corrected chi connectivity index (χ1v) is 41.3. The average molecular weight is 1370 g/mol. The zero-order valence-electron chi connectivity index (χ0n) is 60.9. The maximum absolute atomic E-state index is 13.0. The van der Waals surface area contributed by atoms with Crippen LogP contribution in [0.5, 0.6) is 0 Å². The van der Waals surface area contributed by atoms with E-state index in [2.05, 4.69) is 55.4 Å². The minimum atomic E-state index is -4.95. The van der Waals surface area contributed by atoms with Crippen LogP contribution in [0.25, 0.3) is 0 Å². The van der Waals surface area contributed by atoms with E-state index in [0.29, 0.717) is 31.6 Å². The van der Waals surface area contributed by atoms with E-state index in [1.165, 1.54) is 167 Å². The molecular weight excluding hydrogens is 1220 g/mol. The van der Waals surface area contributed by atoms with E-state index in [4.69, 9.17) is 37.0 Å². The van der Waals surface area contributed by atoms with Crippen LogP contribution in [0.3, 0.4) is 0 Å². The van der Waals surface area contributed by atoms with Crippen molar-refractivity contribution in [2.24, 2.45) is 23.7 Å². The first kappa shape index (κ1) is 91.1. The number of carbonyl (C=O) groups is 4. The van der Waals surface area contributed by atoms with Gasteiger partial charge in [-0.15, -0.1) is 0 Å². The molecule has 0 aromatic heterocycles. The number of ether oxygens (including phenoxy) is 4. The molecule has 0 heterocycles. The van der Waals surface area contributed by atoms with Gasteiger partial charge < -0.3 is 33.8 Å². The summed E-state index contributed by atoms with van der Waals surface area (Å²) in [7, 11) is -9.91. The van der Waals surface area contributed by atoms with E-state index in [1.54, 1.807) is 0 Å². The summed E-state index contributed by atoms with van der Waals surface area (Å²) in [5.74, 6) is 0.913. The third-order valence-electron chi connectivity index (χ3n) is 17.8. The summed E-state index contributed by atoms with van der Waals surface area (Å²) in [5.41, 5.74) is 0. The summed E-state index contributed by atoms with van der Waals surface area (Å²) < 4.78 is 68.4. The van der Waals surface area contributed by atoms with Gasteiger partial charge in [0.15, 0.2) is 12.2 Å². The number of unbranched alkanes of at least 4 members (excludes halogenated alkanes) is 35. The number of phosphoric acid groups is 2. The predicted octanol–water partition coefficient (Wildman–Crippen LogP) is 21.3. The Morgan fingerprint density at radius 3 is 0.763 bits per heavy atom. The Hall–Kier alpha value is -1.94. The van der Waals surface area contributed by atoms with Crippen LogP contribution in [0.4, 0.5) is 0 Å². The minimum absolute atomic E-state index is 0.103. The highest BCUT2D eigenvalue weighted by atomic mass is 31.2. The number of aliphatic hydroxyl groups excluding tert-OH is 1. The molecule has 0 bridgehead atoms. The maximum Gasteiger partial charge on any atom is 0.472 e. The maximum atomic E-state index is 13.0. The van der Waals surface area contributed by atoms with E-state index in [0.717, 1.165) is 114 Å². The summed E-state index contributed by atoms with van der Waals surface area (Å²) in [6.07, 6.45) is 47.3. The number of rotatable bonds is 71. The van der Waals surface area contributed by atoms with Gasteiger partial charge in [-0.05, 0) is 49.4 Å². The smallest absolute Gasteiger partial charge is 0.462 e. The SMILES string of the molecule is CCC(C)CCCCCCCCCCCCC(=O)O[C@H](COC(=O)CCCCCCCCCC(C)C)COP(=O)(O)OCC(O)COP(=O)(O)OC[C@@H](COC(=O)CCCCCCCCCCCCCCCCCCC(C)C)OC(=O)CCCCCCCCC(C)CC. The van der Waals surface area contributed by atoms with E-state index < -0.39 is 97.5 Å².